The Bertz CT molecular complexity index is 726. The molecule has 1 amide bonds. The Labute approximate surface area is 133 Å². The lowest BCUT2D eigenvalue weighted by atomic mass is 10.3. The van der Waals surface area contributed by atoms with Crippen LogP contribution < -0.4 is 10.2 Å². The third kappa shape index (κ3) is 4.18. The summed E-state index contributed by atoms with van der Waals surface area (Å²) < 4.78 is 23.7. The molecule has 0 spiro atoms. The summed E-state index contributed by atoms with van der Waals surface area (Å²) in [7, 11) is 0. The first kappa shape index (κ1) is 15.3. The van der Waals surface area contributed by atoms with Crippen molar-refractivity contribution in [3.63, 3.8) is 0 Å². The molecular weight excluding hydrogens is 299 g/mol. The van der Waals surface area contributed by atoms with Gasteiger partial charge in [0.05, 0.1) is 6.21 Å². The second-order valence-corrected chi connectivity index (χ2v) is 5.60. The van der Waals surface area contributed by atoms with Crippen LogP contribution in [0.2, 0.25) is 0 Å². The maximum Gasteiger partial charge on any atom is 0.277 e. The third-order valence-corrected chi connectivity index (χ3v) is 3.67. The topological polar surface area (TPSA) is 63.8 Å². The second-order valence-electron chi connectivity index (χ2n) is 5.60. The fourth-order valence-corrected chi connectivity index (χ4v) is 2.26. The largest absolute Gasteiger partial charge is 0.484 e. The highest BCUT2D eigenvalue weighted by Crippen LogP contribution is 2.47. The van der Waals surface area contributed by atoms with E-state index in [0.717, 1.165) is 12.2 Å². The molecule has 0 radical (unpaired) electrons. The van der Waals surface area contributed by atoms with E-state index in [1.54, 1.807) is 6.07 Å². The Kier molecular flexibility index (Phi) is 4.41. The number of nitrogens with one attached hydrogen (secondary N) is 1. The van der Waals surface area contributed by atoms with Gasteiger partial charge in [-0.2, -0.15) is 5.10 Å². The lowest BCUT2D eigenvalue weighted by molar-refractivity contribution is -0.123. The zero-order valence-corrected chi connectivity index (χ0v) is 12.7. The molecule has 1 aromatic carbocycles. The first-order chi connectivity index (χ1) is 11.1. The molecule has 1 saturated carbocycles. The van der Waals surface area contributed by atoms with E-state index in [4.69, 9.17) is 9.15 Å². The lowest BCUT2D eigenvalue weighted by Gasteiger charge is -2.04. The summed E-state index contributed by atoms with van der Waals surface area (Å²) in [6, 6.07) is 9.35. The van der Waals surface area contributed by atoms with Crippen molar-refractivity contribution < 1.29 is 18.3 Å². The highest BCUT2D eigenvalue weighted by atomic mass is 19.1. The van der Waals surface area contributed by atoms with Crippen LogP contribution in [0.15, 0.2) is 45.9 Å². The maximum absolute atomic E-state index is 13.0. The van der Waals surface area contributed by atoms with Gasteiger partial charge in [-0.15, -0.1) is 0 Å². The molecule has 2 atom stereocenters. The SMILES string of the molecule is C[C@@H]1C[C@H]1c1ccc(/C=N\NC(=O)COc2cccc(F)c2)o1. The lowest BCUT2D eigenvalue weighted by Crippen LogP contribution is -2.24. The Morgan fingerprint density at radius 2 is 2.30 bits per heavy atom. The third-order valence-electron chi connectivity index (χ3n) is 3.67. The number of benzene rings is 1. The van der Waals surface area contributed by atoms with Gasteiger partial charge in [-0.05, 0) is 36.6 Å². The van der Waals surface area contributed by atoms with Crippen LogP contribution >= 0.6 is 0 Å². The van der Waals surface area contributed by atoms with Crippen molar-refractivity contribution in [1.82, 2.24) is 5.43 Å². The van der Waals surface area contributed by atoms with Crippen LogP contribution in [0.25, 0.3) is 0 Å². The van der Waals surface area contributed by atoms with Crippen LogP contribution in [0, 0.1) is 11.7 Å². The number of carbonyl (C=O) groups excluding carboxylic acids is 1. The Morgan fingerprint density at radius 3 is 3.04 bits per heavy atom. The number of amides is 1. The molecule has 1 N–H and O–H groups in total. The summed E-state index contributed by atoms with van der Waals surface area (Å²) in [6.45, 7) is 1.93. The number of hydrazone groups is 1. The van der Waals surface area contributed by atoms with E-state index in [2.05, 4.69) is 17.5 Å². The number of hydrogen-bond acceptors (Lipinski definition) is 4. The van der Waals surface area contributed by atoms with Crippen LogP contribution in [0.1, 0.15) is 30.8 Å². The summed E-state index contributed by atoms with van der Waals surface area (Å²) in [5.41, 5.74) is 2.33. The Balaban J connectivity index is 1.44. The van der Waals surface area contributed by atoms with Gasteiger partial charge in [0.1, 0.15) is 23.1 Å². The minimum atomic E-state index is -0.437. The van der Waals surface area contributed by atoms with Gasteiger partial charge in [0.25, 0.3) is 5.91 Å². The Morgan fingerprint density at radius 1 is 1.48 bits per heavy atom. The van der Waals surface area contributed by atoms with E-state index in [-0.39, 0.29) is 6.61 Å². The fraction of sp³-hybridized carbons (Fsp3) is 0.294. The standard InChI is InChI=1S/C17H17FN2O3/c1-11-7-15(11)16-6-5-14(23-16)9-19-20-17(21)10-22-13-4-2-3-12(18)8-13/h2-6,8-9,11,15H,7,10H2,1H3,(H,20,21)/b19-9-/t11-,15-/m1/s1. The first-order valence-corrected chi connectivity index (χ1v) is 7.42. The van der Waals surface area contributed by atoms with Crippen LogP contribution in [0.3, 0.4) is 0 Å². The molecule has 1 fully saturated rings. The van der Waals surface area contributed by atoms with E-state index < -0.39 is 11.7 Å². The number of ether oxygens (including phenoxy) is 1. The molecule has 3 rings (SSSR count). The highest BCUT2D eigenvalue weighted by molar-refractivity contribution is 5.81. The molecule has 0 aliphatic heterocycles. The van der Waals surface area contributed by atoms with Crippen molar-refractivity contribution in [2.45, 2.75) is 19.3 Å². The molecule has 120 valence electrons. The van der Waals surface area contributed by atoms with Gasteiger partial charge < -0.3 is 9.15 Å². The van der Waals surface area contributed by atoms with Crippen molar-refractivity contribution in [1.29, 1.82) is 0 Å². The predicted octanol–water partition coefficient (Wildman–Crippen LogP) is 3.07. The monoisotopic (exact) mass is 316 g/mol. The molecule has 0 saturated heterocycles. The number of furan rings is 1. The molecule has 1 heterocycles. The first-order valence-electron chi connectivity index (χ1n) is 7.42. The minimum absolute atomic E-state index is 0.246. The number of carbonyl (C=O) groups is 1. The quantitative estimate of drug-likeness (QED) is 0.658. The summed E-state index contributed by atoms with van der Waals surface area (Å²) in [6.07, 6.45) is 2.59. The van der Waals surface area contributed by atoms with Crippen molar-refractivity contribution in [2.24, 2.45) is 11.0 Å². The van der Waals surface area contributed by atoms with E-state index in [9.17, 15) is 9.18 Å². The second kappa shape index (κ2) is 6.64. The zero-order valence-electron chi connectivity index (χ0n) is 12.7. The summed E-state index contributed by atoms with van der Waals surface area (Å²) in [4.78, 5) is 11.6. The van der Waals surface area contributed by atoms with Crippen LogP contribution in [0.5, 0.6) is 5.75 Å². The molecule has 5 nitrogen and oxygen atoms in total. The van der Waals surface area contributed by atoms with Crippen molar-refractivity contribution in [3.05, 3.63) is 53.7 Å². The molecule has 1 aromatic heterocycles. The number of halogens is 1. The normalized spacial score (nSPS) is 19.7. The summed E-state index contributed by atoms with van der Waals surface area (Å²) in [5, 5.41) is 3.81. The van der Waals surface area contributed by atoms with E-state index in [1.165, 1.54) is 24.4 Å². The number of nitrogens with zero attached hydrogens (tertiary/aromatic N) is 1. The minimum Gasteiger partial charge on any atom is -0.484 e. The molecule has 1 aliphatic rings. The van der Waals surface area contributed by atoms with Gasteiger partial charge in [-0.1, -0.05) is 13.0 Å². The Hall–Kier alpha value is -2.63. The van der Waals surface area contributed by atoms with E-state index in [0.29, 0.717) is 23.3 Å². The van der Waals surface area contributed by atoms with Crippen molar-refractivity contribution in [2.75, 3.05) is 6.61 Å². The van der Waals surface area contributed by atoms with E-state index >= 15 is 0 Å². The van der Waals surface area contributed by atoms with Gasteiger partial charge in [0.2, 0.25) is 0 Å². The average Bonchev–Trinajstić information content (AvgIpc) is 3.07. The van der Waals surface area contributed by atoms with E-state index in [1.807, 2.05) is 12.1 Å². The molecular formula is C17H17FN2O3. The number of hydrogen-bond donors (Lipinski definition) is 1. The van der Waals surface area contributed by atoms with Gasteiger partial charge >= 0.3 is 0 Å². The fourth-order valence-electron chi connectivity index (χ4n) is 2.26. The van der Waals surface area contributed by atoms with Gasteiger partial charge in [-0.3, -0.25) is 4.79 Å². The van der Waals surface area contributed by atoms with Gasteiger partial charge in [0.15, 0.2) is 6.61 Å². The maximum atomic E-state index is 13.0. The van der Waals surface area contributed by atoms with Crippen LogP contribution in [-0.2, 0) is 4.79 Å². The molecule has 0 bridgehead atoms. The molecule has 0 unspecified atom stereocenters. The van der Waals surface area contributed by atoms with Gasteiger partial charge in [-0.25, -0.2) is 9.82 Å². The summed E-state index contributed by atoms with van der Waals surface area (Å²) in [5.74, 6) is 2.16. The smallest absolute Gasteiger partial charge is 0.277 e. The number of rotatable bonds is 6. The van der Waals surface area contributed by atoms with Crippen LogP contribution in [-0.4, -0.2) is 18.7 Å². The molecule has 6 heteroatoms. The van der Waals surface area contributed by atoms with Gasteiger partial charge in [0, 0.05) is 12.0 Å². The molecule has 23 heavy (non-hydrogen) atoms. The average molecular weight is 316 g/mol. The predicted molar refractivity (Wildman–Crippen MR) is 82.9 cm³/mol. The molecule has 2 aromatic rings. The zero-order chi connectivity index (χ0) is 16.2. The summed E-state index contributed by atoms with van der Waals surface area (Å²) >= 11 is 0. The highest BCUT2D eigenvalue weighted by Gasteiger charge is 2.36. The molecule has 1 aliphatic carbocycles. The van der Waals surface area contributed by atoms with Crippen molar-refractivity contribution >= 4 is 12.1 Å². The van der Waals surface area contributed by atoms with Crippen molar-refractivity contribution in [3.8, 4) is 5.75 Å². The van der Waals surface area contributed by atoms with Crippen LogP contribution in [0.4, 0.5) is 4.39 Å².